The highest BCUT2D eigenvalue weighted by molar-refractivity contribution is 5.83. The number of imidazole rings is 1. The fourth-order valence-corrected chi connectivity index (χ4v) is 5.55. The second-order valence-corrected chi connectivity index (χ2v) is 9.09. The number of piperidine rings is 2. The summed E-state index contributed by atoms with van der Waals surface area (Å²) in [5.41, 5.74) is 1.89. The topological polar surface area (TPSA) is 72.5 Å². The number of nitrogens with zero attached hydrogens (tertiary/aromatic N) is 4. The molecule has 5 rings (SSSR count). The number of fused-ring (bicyclic) bond motifs is 2. The van der Waals surface area contributed by atoms with Crippen LogP contribution >= 0.6 is 0 Å². The lowest BCUT2D eigenvalue weighted by Gasteiger charge is -2.51. The average molecular weight is 386 g/mol. The monoisotopic (exact) mass is 385 g/mol. The first kappa shape index (κ1) is 18.2. The second-order valence-electron chi connectivity index (χ2n) is 9.09. The zero-order chi connectivity index (χ0) is 19.3. The zero-order valence-electron chi connectivity index (χ0n) is 16.8. The molecule has 1 spiro atoms. The van der Waals surface area contributed by atoms with Gasteiger partial charge in [-0.25, -0.2) is 4.98 Å². The van der Waals surface area contributed by atoms with Crippen LogP contribution < -0.4 is 0 Å². The Balaban J connectivity index is 1.36. The maximum Gasteiger partial charge on any atom is 0.239 e. The number of aromatic nitrogens is 2. The van der Waals surface area contributed by atoms with E-state index in [0.717, 1.165) is 63.7 Å². The van der Waals surface area contributed by atoms with Crippen molar-refractivity contribution in [3.8, 4) is 0 Å². The fourth-order valence-electron chi connectivity index (χ4n) is 5.55. The SMILES string of the molecule is CN1CCCC[C@H]1C(=O)N1CCC2(CC1)c1nc[nH]c1CCN2C(=O)C1CC1. The minimum absolute atomic E-state index is 0.0271. The quantitative estimate of drug-likeness (QED) is 0.838. The summed E-state index contributed by atoms with van der Waals surface area (Å²) in [6, 6.07) is 0.0271. The Morgan fingerprint density at radius 3 is 2.57 bits per heavy atom. The van der Waals surface area contributed by atoms with Crippen LogP contribution in [0.3, 0.4) is 0 Å². The molecule has 1 aliphatic carbocycles. The van der Waals surface area contributed by atoms with E-state index in [4.69, 9.17) is 0 Å². The molecule has 4 aliphatic rings. The van der Waals surface area contributed by atoms with Crippen molar-refractivity contribution in [3.63, 3.8) is 0 Å². The molecule has 1 atom stereocenters. The minimum Gasteiger partial charge on any atom is -0.348 e. The number of carbonyl (C=O) groups is 2. The lowest BCUT2D eigenvalue weighted by atomic mass is 9.78. The Morgan fingerprint density at radius 1 is 1.07 bits per heavy atom. The number of H-pyrrole nitrogens is 1. The lowest BCUT2D eigenvalue weighted by Crippen LogP contribution is -2.60. The van der Waals surface area contributed by atoms with Crippen molar-refractivity contribution in [2.45, 2.75) is 62.9 Å². The van der Waals surface area contributed by atoms with Crippen LogP contribution in [0.1, 0.15) is 56.3 Å². The largest absolute Gasteiger partial charge is 0.348 e. The molecule has 2 amide bonds. The number of likely N-dealkylation sites (tertiary alicyclic amines) is 2. The summed E-state index contributed by atoms with van der Waals surface area (Å²) in [7, 11) is 2.07. The number of amides is 2. The summed E-state index contributed by atoms with van der Waals surface area (Å²) in [6.07, 6.45) is 9.55. The molecular weight excluding hydrogens is 354 g/mol. The third kappa shape index (κ3) is 2.86. The lowest BCUT2D eigenvalue weighted by molar-refractivity contribution is -0.147. The van der Waals surface area contributed by atoms with Crippen molar-refractivity contribution < 1.29 is 9.59 Å². The fraction of sp³-hybridized carbons (Fsp3) is 0.762. The van der Waals surface area contributed by atoms with Gasteiger partial charge >= 0.3 is 0 Å². The van der Waals surface area contributed by atoms with Gasteiger partial charge in [0, 0.05) is 37.7 Å². The number of aromatic amines is 1. The Bertz CT molecular complexity index is 763. The molecule has 7 nitrogen and oxygen atoms in total. The van der Waals surface area contributed by atoms with Gasteiger partial charge in [0.15, 0.2) is 0 Å². The van der Waals surface area contributed by atoms with E-state index in [2.05, 4.69) is 26.8 Å². The summed E-state index contributed by atoms with van der Waals surface area (Å²) in [5, 5.41) is 0. The average Bonchev–Trinajstić information content (AvgIpc) is 3.45. The maximum absolute atomic E-state index is 13.1. The molecule has 1 aromatic heterocycles. The first-order valence-electron chi connectivity index (χ1n) is 10.9. The van der Waals surface area contributed by atoms with Crippen LogP contribution in [0.15, 0.2) is 6.33 Å². The zero-order valence-corrected chi connectivity index (χ0v) is 16.8. The predicted octanol–water partition coefficient (Wildman–Crippen LogP) is 1.51. The van der Waals surface area contributed by atoms with Gasteiger partial charge in [0.1, 0.15) is 0 Å². The van der Waals surface area contributed by atoms with Gasteiger partial charge in [-0.2, -0.15) is 0 Å². The van der Waals surface area contributed by atoms with E-state index in [0.29, 0.717) is 19.0 Å². The number of hydrogen-bond acceptors (Lipinski definition) is 4. The molecule has 0 bridgehead atoms. The molecular formula is C21H31N5O2. The summed E-state index contributed by atoms with van der Waals surface area (Å²) < 4.78 is 0. The summed E-state index contributed by atoms with van der Waals surface area (Å²) in [5.74, 6) is 0.795. The highest BCUT2D eigenvalue weighted by Gasteiger charge is 2.51. The first-order chi connectivity index (χ1) is 13.6. The molecule has 0 aromatic carbocycles. The molecule has 3 aliphatic heterocycles. The molecule has 0 unspecified atom stereocenters. The van der Waals surface area contributed by atoms with Gasteiger partial charge in [-0.05, 0) is 52.1 Å². The van der Waals surface area contributed by atoms with Crippen LogP contribution in [0.2, 0.25) is 0 Å². The minimum atomic E-state index is -0.331. The van der Waals surface area contributed by atoms with Crippen molar-refractivity contribution in [1.82, 2.24) is 24.7 Å². The van der Waals surface area contributed by atoms with Crippen LogP contribution in [0.5, 0.6) is 0 Å². The number of carbonyl (C=O) groups excluding carboxylic acids is 2. The third-order valence-corrected chi connectivity index (χ3v) is 7.41. The number of rotatable bonds is 2. The van der Waals surface area contributed by atoms with Crippen molar-refractivity contribution in [3.05, 3.63) is 17.7 Å². The number of hydrogen-bond donors (Lipinski definition) is 1. The van der Waals surface area contributed by atoms with Crippen LogP contribution in [0, 0.1) is 5.92 Å². The summed E-state index contributed by atoms with van der Waals surface area (Å²) in [6.45, 7) is 3.20. The van der Waals surface area contributed by atoms with Crippen LogP contribution in [0.4, 0.5) is 0 Å². The third-order valence-electron chi connectivity index (χ3n) is 7.41. The van der Waals surface area contributed by atoms with Crippen LogP contribution in [-0.2, 0) is 21.5 Å². The Labute approximate surface area is 166 Å². The van der Waals surface area contributed by atoms with Crippen molar-refractivity contribution in [1.29, 1.82) is 0 Å². The molecule has 1 saturated carbocycles. The Morgan fingerprint density at radius 2 is 1.86 bits per heavy atom. The van der Waals surface area contributed by atoms with Crippen LogP contribution in [-0.4, -0.2) is 75.8 Å². The smallest absolute Gasteiger partial charge is 0.239 e. The van der Waals surface area contributed by atoms with Gasteiger partial charge in [0.05, 0.1) is 23.6 Å². The van der Waals surface area contributed by atoms with Gasteiger partial charge in [0.25, 0.3) is 0 Å². The number of nitrogens with one attached hydrogen (secondary N) is 1. The normalized spacial score (nSPS) is 27.7. The molecule has 1 aromatic rings. The van der Waals surface area contributed by atoms with E-state index in [1.54, 1.807) is 6.33 Å². The first-order valence-corrected chi connectivity index (χ1v) is 10.9. The highest BCUT2D eigenvalue weighted by Crippen LogP contribution is 2.45. The van der Waals surface area contributed by atoms with E-state index in [9.17, 15) is 9.59 Å². The highest BCUT2D eigenvalue weighted by atomic mass is 16.2. The molecule has 4 heterocycles. The Hall–Kier alpha value is -1.89. The molecule has 152 valence electrons. The molecule has 3 fully saturated rings. The maximum atomic E-state index is 13.1. The van der Waals surface area contributed by atoms with E-state index >= 15 is 0 Å². The molecule has 0 radical (unpaired) electrons. The molecule has 7 heteroatoms. The van der Waals surface area contributed by atoms with E-state index in [1.165, 1.54) is 12.1 Å². The van der Waals surface area contributed by atoms with E-state index in [-0.39, 0.29) is 23.4 Å². The van der Waals surface area contributed by atoms with Crippen molar-refractivity contribution in [2.24, 2.45) is 5.92 Å². The predicted molar refractivity (Wildman–Crippen MR) is 104 cm³/mol. The van der Waals surface area contributed by atoms with Gasteiger partial charge < -0.3 is 14.8 Å². The molecule has 1 N–H and O–H groups in total. The summed E-state index contributed by atoms with van der Waals surface area (Å²) >= 11 is 0. The van der Waals surface area contributed by atoms with Gasteiger partial charge in [0.2, 0.25) is 11.8 Å². The second kappa shape index (κ2) is 6.87. The van der Waals surface area contributed by atoms with Gasteiger partial charge in [-0.1, -0.05) is 6.42 Å². The standard InChI is InChI=1S/C21H31N5O2/c1-24-10-3-2-4-17(24)20(28)25-12-8-21(9-13-25)18-16(22-14-23-18)7-11-26(21)19(27)15-5-6-15/h14-15,17H,2-13H2,1H3,(H,22,23)/t17-/m0/s1. The van der Waals surface area contributed by atoms with Crippen LogP contribution in [0.25, 0.3) is 0 Å². The van der Waals surface area contributed by atoms with Gasteiger partial charge in [-0.15, -0.1) is 0 Å². The summed E-state index contributed by atoms with van der Waals surface area (Å²) in [4.78, 5) is 40.5. The van der Waals surface area contributed by atoms with E-state index in [1.807, 2.05) is 4.90 Å². The van der Waals surface area contributed by atoms with Gasteiger partial charge in [-0.3, -0.25) is 14.5 Å². The van der Waals surface area contributed by atoms with E-state index < -0.39 is 0 Å². The number of likely N-dealkylation sites (N-methyl/N-ethyl adjacent to an activating group) is 1. The van der Waals surface area contributed by atoms with Crippen molar-refractivity contribution in [2.75, 3.05) is 33.2 Å². The Kier molecular flexibility index (Phi) is 4.45. The molecule has 28 heavy (non-hydrogen) atoms. The van der Waals surface area contributed by atoms with Crippen molar-refractivity contribution >= 4 is 11.8 Å². The molecule has 2 saturated heterocycles.